The van der Waals surface area contributed by atoms with Gasteiger partial charge >= 0.3 is 0 Å². The summed E-state index contributed by atoms with van der Waals surface area (Å²) in [5.74, 6) is 8.47. The highest BCUT2D eigenvalue weighted by Crippen LogP contribution is 2.28. The van der Waals surface area contributed by atoms with Crippen LogP contribution in [0.15, 0.2) is 24.3 Å². The van der Waals surface area contributed by atoms with Crippen molar-refractivity contribution in [3.05, 3.63) is 41.2 Å². The van der Waals surface area contributed by atoms with E-state index in [0.29, 0.717) is 23.4 Å². The number of nitrogens with zero attached hydrogens (tertiary/aromatic N) is 2. The number of rotatable bonds is 5. The number of hydrazine groups is 1. The van der Waals surface area contributed by atoms with Gasteiger partial charge in [-0.05, 0) is 43.9 Å². The fourth-order valence-electron chi connectivity index (χ4n) is 2.05. The van der Waals surface area contributed by atoms with E-state index in [9.17, 15) is 0 Å². The molecule has 0 saturated heterocycles. The van der Waals surface area contributed by atoms with Gasteiger partial charge in [0.15, 0.2) is 0 Å². The zero-order valence-electron chi connectivity index (χ0n) is 13.0. The van der Waals surface area contributed by atoms with Crippen molar-refractivity contribution in [2.75, 3.05) is 5.43 Å². The molecule has 0 aliphatic heterocycles. The molecule has 1 aromatic carbocycles. The summed E-state index contributed by atoms with van der Waals surface area (Å²) in [5.41, 5.74) is 4.66. The molecule has 1 atom stereocenters. The highest BCUT2D eigenvalue weighted by Gasteiger charge is 2.11. The van der Waals surface area contributed by atoms with Crippen molar-refractivity contribution in [2.24, 2.45) is 5.84 Å². The molecule has 3 N–H and O–H groups in total. The Morgan fingerprint density at radius 1 is 1.19 bits per heavy atom. The van der Waals surface area contributed by atoms with Gasteiger partial charge < -0.3 is 10.2 Å². The van der Waals surface area contributed by atoms with Crippen LogP contribution in [0.1, 0.15) is 43.1 Å². The summed E-state index contributed by atoms with van der Waals surface area (Å²) in [5, 5.41) is 0. The Hall–Kier alpha value is -2.14. The standard InChI is InChI=1S/C16H22N4O/c1-5-10(2)13-6-8-14(9-7-13)21-16-11(3)15(20-17)18-12(4)19-16/h6-10H,5,17H2,1-4H3,(H,18,19,20). The van der Waals surface area contributed by atoms with E-state index in [-0.39, 0.29) is 0 Å². The van der Waals surface area contributed by atoms with Crippen LogP contribution < -0.4 is 16.0 Å². The van der Waals surface area contributed by atoms with E-state index in [4.69, 9.17) is 10.6 Å². The van der Waals surface area contributed by atoms with Crippen LogP contribution in [0, 0.1) is 13.8 Å². The van der Waals surface area contributed by atoms with Crippen LogP contribution in [0.25, 0.3) is 0 Å². The predicted molar refractivity (Wildman–Crippen MR) is 84.5 cm³/mol. The summed E-state index contributed by atoms with van der Waals surface area (Å²) in [6, 6.07) is 8.12. The van der Waals surface area contributed by atoms with E-state index < -0.39 is 0 Å². The molecular weight excluding hydrogens is 264 g/mol. The molecule has 0 aliphatic carbocycles. The van der Waals surface area contributed by atoms with Gasteiger partial charge in [-0.2, -0.15) is 4.98 Å². The van der Waals surface area contributed by atoms with Crippen molar-refractivity contribution < 1.29 is 4.74 Å². The Labute approximate surface area is 125 Å². The number of hydrogen-bond acceptors (Lipinski definition) is 5. The largest absolute Gasteiger partial charge is 0.439 e. The van der Waals surface area contributed by atoms with E-state index in [2.05, 4.69) is 41.4 Å². The molecular formula is C16H22N4O. The van der Waals surface area contributed by atoms with Gasteiger partial charge in [0, 0.05) is 0 Å². The Balaban J connectivity index is 2.24. The zero-order valence-corrected chi connectivity index (χ0v) is 13.0. The van der Waals surface area contributed by atoms with E-state index in [1.807, 2.05) is 19.1 Å². The third-order valence-corrected chi connectivity index (χ3v) is 3.63. The number of benzene rings is 1. The molecule has 2 rings (SSSR count). The van der Waals surface area contributed by atoms with Gasteiger partial charge in [-0.15, -0.1) is 0 Å². The Kier molecular flexibility index (Phi) is 4.75. The maximum atomic E-state index is 5.85. The average molecular weight is 286 g/mol. The van der Waals surface area contributed by atoms with Crippen molar-refractivity contribution in [2.45, 2.75) is 40.0 Å². The molecule has 112 valence electrons. The molecule has 0 spiro atoms. The minimum atomic E-state index is 0.520. The molecule has 1 unspecified atom stereocenters. The molecule has 1 aromatic heterocycles. The van der Waals surface area contributed by atoms with Crippen LogP contribution in [0.2, 0.25) is 0 Å². The van der Waals surface area contributed by atoms with Gasteiger partial charge in [0.2, 0.25) is 5.88 Å². The molecule has 2 aromatic rings. The first-order valence-corrected chi connectivity index (χ1v) is 7.14. The lowest BCUT2D eigenvalue weighted by Gasteiger charge is -2.13. The molecule has 0 fully saturated rings. The second-order valence-electron chi connectivity index (χ2n) is 5.17. The summed E-state index contributed by atoms with van der Waals surface area (Å²) in [6.45, 7) is 8.08. The average Bonchev–Trinajstić information content (AvgIpc) is 2.50. The van der Waals surface area contributed by atoms with Crippen LogP contribution in [0.3, 0.4) is 0 Å². The van der Waals surface area contributed by atoms with Gasteiger partial charge in [-0.3, -0.25) is 0 Å². The number of nitrogens with one attached hydrogen (secondary N) is 1. The zero-order chi connectivity index (χ0) is 15.4. The van der Waals surface area contributed by atoms with Crippen LogP contribution in [-0.2, 0) is 0 Å². The number of nitrogens with two attached hydrogens (primary N) is 1. The maximum Gasteiger partial charge on any atom is 0.227 e. The van der Waals surface area contributed by atoms with Gasteiger partial charge in [-0.1, -0.05) is 26.0 Å². The second-order valence-corrected chi connectivity index (χ2v) is 5.17. The first kappa shape index (κ1) is 15.3. The molecule has 0 bridgehead atoms. The molecule has 21 heavy (non-hydrogen) atoms. The smallest absolute Gasteiger partial charge is 0.227 e. The maximum absolute atomic E-state index is 5.85. The van der Waals surface area contributed by atoms with Gasteiger partial charge in [0.25, 0.3) is 0 Å². The quantitative estimate of drug-likeness (QED) is 0.648. The summed E-state index contributed by atoms with van der Waals surface area (Å²) < 4.78 is 5.85. The lowest BCUT2D eigenvalue weighted by atomic mass is 9.99. The predicted octanol–water partition coefficient (Wildman–Crippen LogP) is 3.68. The molecule has 5 heteroatoms. The number of aromatic nitrogens is 2. The second kappa shape index (κ2) is 6.54. The van der Waals surface area contributed by atoms with E-state index in [0.717, 1.165) is 17.7 Å². The number of anilines is 1. The lowest BCUT2D eigenvalue weighted by Crippen LogP contribution is -2.12. The van der Waals surface area contributed by atoms with Crippen molar-refractivity contribution in [3.8, 4) is 11.6 Å². The summed E-state index contributed by atoms with van der Waals surface area (Å²) >= 11 is 0. The minimum absolute atomic E-state index is 0.520. The number of nitrogen functional groups attached to an aromatic ring is 1. The number of hydrogen-bond donors (Lipinski definition) is 2. The molecule has 0 saturated carbocycles. The highest BCUT2D eigenvalue weighted by molar-refractivity contribution is 5.48. The van der Waals surface area contributed by atoms with Crippen LogP contribution in [0.4, 0.5) is 5.82 Å². The van der Waals surface area contributed by atoms with Crippen molar-refractivity contribution in [3.63, 3.8) is 0 Å². The Morgan fingerprint density at radius 3 is 2.43 bits per heavy atom. The molecule has 1 heterocycles. The first-order valence-electron chi connectivity index (χ1n) is 7.14. The van der Waals surface area contributed by atoms with Gasteiger partial charge in [0.1, 0.15) is 17.4 Å². The van der Waals surface area contributed by atoms with Crippen molar-refractivity contribution in [1.29, 1.82) is 0 Å². The third kappa shape index (κ3) is 3.49. The van der Waals surface area contributed by atoms with Crippen molar-refractivity contribution >= 4 is 5.82 Å². The molecule has 5 nitrogen and oxygen atoms in total. The fraction of sp³-hybridized carbons (Fsp3) is 0.375. The fourth-order valence-corrected chi connectivity index (χ4v) is 2.05. The SMILES string of the molecule is CCC(C)c1ccc(Oc2nc(C)nc(NN)c2C)cc1. The minimum Gasteiger partial charge on any atom is -0.439 e. The Bertz CT molecular complexity index is 610. The van der Waals surface area contributed by atoms with Crippen LogP contribution in [-0.4, -0.2) is 9.97 Å². The van der Waals surface area contributed by atoms with Crippen LogP contribution >= 0.6 is 0 Å². The number of aryl methyl sites for hydroxylation is 1. The summed E-state index contributed by atoms with van der Waals surface area (Å²) in [6.07, 6.45) is 1.12. The monoisotopic (exact) mass is 286 g/mol. The first-order chi connectivity index (χ1) is 10.0. The van der Waals surface area contributed by atoms with Gasteiger partial charge in [0.05, 0.1) is 5.56 Å². The lowest BCUT2D eigenvalue weighted by molar-refractivity contribution is 0.455. The Morgan fingerprint density at radius 2 is 1.86 bits per heavy atom. The molecule has 0 aliphatic rings. The van der Waals surface area contributed by atoms with E-state index >= 15 is 0 Å². The summed E-state index contributed by atoms with van der Waals surface area (Å²) in [4.78, 5) is 8.54. The van der Waals surface area contributed by atoms with Gasteiger partial charge in [-0.25, -0.2) is 10.8 Å². The topological polar surface area (TPSA) is 73.1 Å². The van der Waals surface area contributed by atoms with Crippen LogP contribution in [0.5, 0.6) is 11.6 Å². The normalized spacial score (nSPS) is 12.0. The molecule has 0 radical (unpaired) electrons. The molecule has 0 amide bonds. The van der Waals surface area contributed by atoms with Crippen molar-refractivity contribution in [1.82, 2.24) is 9.97 Å². The van der Waals surface area contributed by atoms with E-state index in [1.165, 1.54) is 5.56 Å². The number of ether oxygens (including phenoxy) is 1. The van der Waals surface area contributed by atoms with E-state index in [1.54, 1.807) is 6.92 Å². The third-order valence-electron chi connectivity index (χ3n) is 3.63. The summed E-state index contributed by atoms with van der Waals surface area (Å²) in [7, 11) is 0. The highest BCUT2D eigenvalue weighted by atomic mass is 16.5.